The van der Waals surface area contributed by atoms with Gasteiger partial charge in [-0.05, 0) is 70.6 Å². The van der Waals surface area contributed by atoms with Gasteiger partial charge in [-0.2, -0.15) is 29.4 Å². The van der Waals surface area contributed by atoms with Gasteiger partial charge in [-0.15, -0.1) is 0 Å². The summed E-state index contributed by atoms with van der Waals surface area (Å²) in [5.41, 5.74) is 20.0. The van der Waals surface area contributed by atoms with Crippen molar-refractivity contribution in [3.8, 4) is 22.3 Å². The van der Waals surface area contributed by atoms with Gasteiger partial charge in [-0.25, -0.2) is 9.97 Å². The molecule has 8 rings (SSSR count). The first-order chi connectivity index (χ1) is 22.3. The Hall–Kier alpha value is -3.86. The monoisotopic (exact) mass is 750 g/mol. The van der Waals surface area contributed by atoms with E-state index in [0.717, 1.165) is 106 Å². The van der Waals surface area contributed by atoms with Crippen LogP contribution in [0.15, 0.2) is 46.1 Å². The van der Waals surface area contributed by atoms with E-state index in [1.807, 2.05) is 38.9 Å². The molecule has 0 amide bonds. The minimum absolute atomic E-state index is 0.363. The lowest BCUT2D eigenvalue weighted by atomic mass is 9.96. The second-order valence-electron chi connectivity index (χ2n) is 11.9. The Morgan fingerprint density at radius 1 is 0.674 bits per heavy atom. The zero-order valence-electron chi connectivity index (χ0n) is 25.7. The minimum atomic E-state index is 0.363. The first-order valence-corrected chi connectivity index (χ1v) is 16.9. The average molecular weight is 753 g/mol. The molecular weight excluding hydrogens is 716 g/mol. The quantitative estimate of drug-likeness (QED) is 0.207. The highest BCUT2D eigenvalue weighted by Gasteiger charge is 2.25. The van der Waals surface area contributed by atoms with E-state index in [1.165, 1.54) is 0 Å². The molecule has 0 aromatic carbocycles. The summed E-state index contributed by atoms with van der Waals surface area (Å²) in [6.45, 7) is 3.99. The molecule has 46 heavy (non-hydrogen) atoms. The second kappa shape index (κ2) is 12.7. The van der Waals surface area contributed by atoms with Crippen LogP contribution in [0, 0.1) is 0 Å². The smallest absolute Gasteiger partial charge is 0.165 e. The van der Waals surface area contributed by atoms with Crippen molar-refractivity contribution in [1.29, 1.82) is 0 Å². The number of rotatable bonds is 4. The number of aryl methyl sites for hydroxylation is 2. The molecule has 0 bridgehead atoms. The number of nitrogens with one attached hydrogen (secondary N) is 2. The summed E-state index contributed by atoms with van der Waals surface area (Å²) < 4.78 is 8.61. The molecule has 2 aliphatic rings. The number of halogens is 2. The van der Waals surface area contributed by atoms with Crippen LogP contribution in [0.4, 0.5) is 11.6 Å². The van der Waals surface area contributed by atoms with Crippen molar-refractivity contribution in [2.24, 2.45) is 14.1 Å². The number of nitrogens with zero attached hydrogens (tertiary/aromatic N) is 10. The lowest BCUT2D eigenvalue weighted by Crippen LogP contribution is -2.29. The van der Waals surface area contributed by atoms with E-state index in [2.05, 4.69) is 62.9 Å². The summed E-state index contributed by atoms with van der Waals surface area (Å²) in [6, 6.07) is 0. The molecule has 0 aliphatic carbocycles. The average Bonchev–Trinajstić information content (AvgIpc) is 3.88. The van der Waals surface area contributed by atoms with Crippen LogP contribution in [0.2, 0.25) is 0 Å². The number of aromatic nitrogens is 10. The third kappa shape index (κ3) is 5.67. The highest BCUT2D eigenvalue weighted by molar-refractivity contribution is 9.11. The van der Waals surface area contributed by atoms with Crippen molar-refractivity contribution >= 4 is 54.8 Å². The Morgan fingerprint density at radius 2 is 1.11 bits per heavy atom. The molecule has 0 spiro atoms. The predicted molar refractivity (Wildman–Crippen MR) is 184 cm³/mol. The molecule has 16 heteroatoms. The molecule has 2 saturated heterocycles. The van der Waals surface area contributed by atoms with Gasteiger partial charge < -0.3 is 22.1 Å². The SMILES string of the molecule is Cn1cc(-c2cnn3c(N)c(Br)c([C@@H]4CCCNC4)nc23)cn1.Cn1cc(-c2cnn3c(N)c(Br)c([C@@H]4CCCNC4)nc23)cn1. The standard InChI is InChI=1S/2C15H18BrN7/c2*1-22-8-10(6-19-22)11-7-20-23-14(17)12(16)13(21-15(11)23)9-3-2-4-18-5-9/h2*6-9,18H,2-5,17H2,1H3/t2*9-/m11/s1. The predicted octanol–water partition coefficient (Wildman–Crippen LogP) is 3.88. The maximum atomic E-state index is 6.29. The Labute approximate surface area is 282 Å². The summed E-state index contributed by atoms with van der Waals surface area (Å²) in [5, 5.41) is 24.1. The van der Waals surface area contributed by atoms with Crippen LogP contribution < -0.4 is 22.1 Å². The summed E-state index contributed by atoms with van der Waals surface area (Å²) in [6.07, 6.45) is 15.7. The number of fused-ring (bicyclic) bond motifs is 2. The summed E-state index contributed by atoms with van der Waals surface area (Å²) in [5.74, 6) is 1.90. The number of nitrogens with two attached hydrogens (primary N) is 2. The lowest BCUT2D eigenvalue weighted by molar-refractivity contribution is 0.453. The first kappa shape index (κ1) is 30.8. The minimum Gasteiger partial charge on any atom is -0.383 e. The number of hydrogen-bond acceptors (Lipinski definition) is 10. The molecule has 2 fully saturated rings. The molecule has 6 aromatic heterocycles. The van der Waals surface area contributed by atoms with Crippen LogP contribution in [0.1, 0.15) is 48.9 Å². The molecule has 8 heterocycles. The van der Waals surface area contributed by atoms with Gasteiger partial charge in [0.25, 0.3) is 0 Å². The zero-order chi connectivity index (χ0) is 31.9. The van der Waals surface area contributed by atoms with Gasteiger partial charge in [0.2, 0.25) is 0 Å². The van der Waals surface area contributed by atoms with Gasteiger partial charge in [0.1, 0.15) is 11.6 Å². The molecule has 0 saturated carbocycles. The Bertz CT molecular complexity index is 1860. The normalized spacial score (nSPS) is 18.6. The summed E-state index contributed by atoms with van der Waals surface area (Å²) >= 11 is 7.23. The third-order valence-electron chi connectivity index (χ3n) is 8.70. The Morgan fingerprint density at radius 3 is 1.46 bits per heavy atom. The van der Waals surface area contributed by atoms with E-state index >= 15 is 0 Å². The fourth-order valence-electron chi connectivity index (χ4n) is 6.27. The summed E-state index contributed by atoms with van der Waals surface area (Å²) in [4.78, 5) is 9.80. The number of anilines is 2. The van der Waals surface area contributed by atoms with Gasteiger partial charge in [0.15, 0.2) is 11.3 Å². The fraction of sp³-hybridized carbons (Fsp3) is 0.400. The first-order valence-electron chi connectivity index (χ1n) is 15.3. The van der Waals surface area contributed by atoms with Crippen LogP contribution in [-0.4, -0.2) is 74.9 Å². The molecule has 14 nitrogen and oxygen atoms in total. The Kier molecular flexibility index (Phi) is 8.52. The molecule has 6 N–H and O–H groups in total. The van der Waals surface area contributed by atoms with Crippen molar-refractivity contribution in [1.82, 2.24) is 59.4 Å². The van der Waals surface area contributed by atoms with Crippen molar-refractivity contribution in [2.45, 2.75) is 37.5 Å². The highest BCUT2D eigenvalue weighted by atomic mass is 79.9. The van der Waals surface area contributed by atoms with Crippen molar-refractivity contribution in [3.05, 3.63) is 57.5 Å². The topological polar surface area (TPSA) is 172 Å². The van der Waals surface area contributed by atoms with Gasteiger partial charge in [-0.3, -0.25) is 9.36 Å². The zero-order valence-corrected chi connectivity index (χ0v) is 28.8. The maximum Gasteiger partial charge on any atom is 0.165 e. The van der Waals surface area contributed by atoms with Crippen molar-refractivity contribution in [2.75, 3.05) is 37.6 Å². The largest absolute Gasteiger partial charge is 0.383 e. The third-order valence-corrected chi connectivity index (χ3v) is 10.3. The number of hydrogen-bond donors (Lipinski definition) is 4. The van der Waals surface area contributed by atoms with Gasteiger partial charge >= 0.3 is 0 Å². The molecule has 0 radical (unpaired) electrons. The van der Waals surface area contributed by atoms with E-state index < -0.39 is 0 Å². The van der Waals surface area contributed by atoms with Crippen LogP contribution in [0.25, 0.3) is 33.5 Å². The van der Waals surface area contributed by atoms with Crippen molar-refractivity contribution in [3.63, 3.8) is 0 Å². The fourth-order valence-corrected chi connectivity index (χ4v) is 7.43. The lowest BCUT2D eigenvalue weighted by Gasteiger charge is -2.23. The molecule has 2 atom stereocenters. The van der Waals surface area contributed by atoms with E-state index in [1.54, 1.807) is 30.8 Å². The molecule has 240 valence electrons. The molecular formula is C30H36Br2N14. The van der Waals surface area contributed by atoms with Gasteiger partial charge in [0.05, 0.1) is 45.1 Å². The van der Waals surface area contributed by atoms with Crippen LogP contribution in [0.5, 0.6) is 0 Å². The van der Waals surface area contributed by atoms with Gasteiger partial charge in [0, 0.05) is 73.7 Å². The number of nitrogen functional groups attached to an aromatic ring is 2. The molecule has 2 aliphatic heterocycles. The van der Waals surface area contributed by atoms with Crippen LogP contribution >= 0.6 is 31.9 Å². The van der Waals surface area contributed by atoms with Crippen LogP contribution in [-0.2, 0) is 14.1 Å². The van der Waals surface area contributed by atoms with E-state index in [-0.39, 0.29) is 0 Å². The Balaban J connectivity index is 0.000000147. The maximum absolute atomic E-state index is 6.29. The van der Waals surface area contributed by atoms with E-state index in [4.69, 9.17) is 21.4 Å². The molecule has 6 aromatic rings. The van der Waals surface area contributed by atoms with Gasteiger partial charge in [-0.1, -0.05) is 0 Å². The van der Waals surface area contributed by atoms with E-state index in [9.17, 15) is 0 Å². The van der Waals surface area contributed by atoms with E-state index in [0.29, 0.717) is 23.5 Å². The van der Waals surface area contributed by atoms with Crippen molar-refractivity contribution < 1.29 is 0 Å². The number of piperidine rings is 2. The second-order valence-corrected chi connectivity index (χ2v) is 13.5. The summed E-state index contributed by atoms with van der Waals surface area (Å²) in [7, 11) is 3.79. The molecule has 0 unspecified atom stereocenters. The van der Waals surface area contributed by atoms with Crippen LogP contribution in [0.3, 0.4) is 0 Å². The highest BCUT2D eigenvalue weighted by Crippen LogP contribution is 2.36.